The highest BCUT2D eigenvalue weighted by molar-refractivity contribution is 9.10. The fourth-order valence-corrected chi connectivity index (χ4v) is 3.09. The predicted octanol–water partition coefficient (Wildman–Crippen LogP) is 4.06. The molecule has 0 atom stereocenters. The Kier molecular flexibility index (Phi) is 2.95. The standard InChI is InChI=1S/C14H17BrN2/c1-10-11(15)8-9-14-16-12-6-4-2-3-5-7-13(12)17(10)14/h8-9H,2-7H2,1H3. The van der Waals surface area contributed by atoms with Gasteiger partial charge in [-0.15, -0.1) is 0 Å². The van der Waals surface area contributed by atoms with Crippen LogP contribution in [0, 0.1) is 6.92 Å². The number of imidazole rings is 1. The first-order chi connectivity index (χ1) is 8.27. The summed E-state index contributed by atoms with van der Waals surface area (Å²) in [5.41, 5.74) is 5.15. The maximum Gasteiger partial charge on any atom is 0.137 e. The third-order valence-corrected chi connectivity index (χ3v) is 4.56. The zero-order valence-electron chi connectivity index (χ0n) is 10.2. The van der Waals surface area contributed by atoms with Crippen LogP contribution in [-0.4, -0.2) is 9.38 Å². The lowest BCUT2D eigenvalue weighted by molar-refractivity contribution is 0.604. The molecule has 17 heavy (non-hydrogen) atoms. The van der Waals surface area contributed by atoms with E-state index in [4.69, 9.17) is 4.98 Å². The summed E-state index contributed by atoms with van der Waals surface area (Å²) >= 11 is 3.62. The van der Waals surface area contributed by atoms with Crippen molar-refractivity contribution < 1.29 is 0 Å². The molecule has 0 unspecified atom stereocenters. The van der Waals surface area contributed by atoms with Crippen LogP contribution in [0.2, 0.25) is 0 Å². The average molecular weight is 293 g/mol. The van der Waals surface area contributed by atoms with Crippen molar-refractivity contribution in [3.63, 3.8) is 0 Å². The second kappa shape index (κ2) is 4.45. The summed E-state index contributed by atoms with van der Waals surface area (Å²) in [4.78, 5) is 4.80. The van der Waals surface area contributed by atoms with Crippen LogP contribution in [-0.2, 0) is 12.8 Å². The molecule has 0 radical (unpaired) electrons. The molecule has 2 nitrogen and oxygen atoms in total. The molecule has 0 saturated heterocycles. The summed E-state index contributed by atoms with van der Waals surface area (Å²) < 4.78 is 3.51. The minimum absolute atomic E-state index is 1.11. The Bertz CT molecular complexity index is 557. The Labute approximate surface area is 110 Å². The van der Waals surface area contributed by atoms with E-state index in [2.05, 4.69) is 39.4 Å². The molecule has 1 aliphatic rings. The second-order valence-corrected chi connectivity index (χ2v) is 5.73. The monoisotopic (exact) mass is 292 g/mol. The second-order valence-electron chi connectivity index (χ2n) is 4.88. The van der Waals surface area contributed by atoms with E-state index in [9.17, 15) is 0 Å². The van der Waals surface area contributed by atoms with Crippen LogP contribution in [0.3, 0.4) is 0 Å². The van der Waals surface area contributed by atoms with Crippen LogP contribution >= 0.6 is 15.9 Å². The molecule has 0 aromatic carbocycles. The van der Waals surface area contributed by atoms with Gasteiger partial charge in [-0.3, -0.25) is 4.40 Å². The van der Waals surface area contributed by atoms with Gasteiger partial charge in [0, 0.05) is 15.9 Å². The van der Waals surface area contributed by atoms with Gasteiger partial charge in [0.05, 0.1) is 5.69 Å². The molecular formula is C14H17BrN2. The predicted molar refractivity (Wildman–Crippen MR) is 73.5 cm³/mol. The number of rotatable bonds is 0. The Morgan fingerprint density at radius 2 is 1.88 bits per heavy atom. The van der Waals surface area contributed by atoms with Gasteiger partial charge < -0.3 is 0 Å². The molecule has 1 aliphatic carbocycles. The molecular weight excluding hydrogens is 276 g/mol. The Morgan fingerprint density at radius 1 is 1.12 bits per heavy atom. The fourth-order valence-electron chi connectivity index (χ4n) is 2.78. The Morgan fingerprint density at radius 3 is 2.71 bits per heavy atom. The quantitative estimate of drug-likeness (QED) is 0.716. The lowest BCUT2D eigenvalue weighted by Gasteiger charge is -2.11. The van der Waals surface area contributed by atoms with Crippen molar-refractivity contribution in [2.75, 3.05) is 0 Å². The maximum absolute atomic E-state index is 4.80. The van der Waals surface area contributed by atoms with E-state index in [1.54, 1.807) is 0 Å². The molecule has 2 heterocycles. The van der Waals surface area contributed by atoms with E-state index < -0.39 is 0 Å². The lowest BCUT2D eigenvalue weighted by Crippen LogP contribution is -2.03. The smallest absolute Gasteiger partial charge is 0.137 e. The van der Waals surface area contributed by atoms with Crippen molar-refractivity contribution in [1.29, 1.82) is 0 Å². The minimum atomic E-state index is 1.11. The van der Waals surface area contributed by atoms with Gasteiger partial charge in [-0.1, -0.05) is 12.8 Å². The summed E-state index contributed by atoms with van der Waals surface area (Å²) in [5, 5.41) is 0. The zero-order chi connectivity index (χ0) is 11.8. The van der Waals surface area contributed by atoms with E-state index in [1.807, 2.05) is 0 Å². The molecule has 3 heteroatoms. The van der Waals surface area contributed by atoms with Crippen molar-refractivity contribution in [3.05, 3.63) is 33.7 Å². The van der Waals surface area contributed by atoms with Crippen molar-refractivity contribution in [3.8, 4) is 0 Å². The van der Waals surface area contributed by atoms with Gasteiger partial charge in [0.1, 0.15) is 5.65 Å². The maximum atomic E-state index is 4.80. The van der Waals surface area contributed by atoms with Crippen LogP contribution in [0.5, 0.6) is 0 Å². The largest absolute Gasteiger partial charge is 0.300 e. The van der Waals surface area contributed by atoms with E-state index in [-0.39, 0.29) is 0 Å². The molecule has 0 spiro atoms. The number of pyridine rings is 1. The normalized spacial score (nSPS) is 16.6. The SMILES string of the molecule is Cc1c(Br)ccc2nc3c(n12)CCCCCC3. The zero-order valence-corrected chi connectivity index (χ0v) is 11.8. The first kappa shape index (κ1) is 11.3. The number of hydrogen-bond donors (Lipinski definition) is 0. The first-order valence-electron chi connectivity index (χ1n) is 6.42. The van der Waals surface area contributed by atoms with Gasteiger partial charge in [0.2, 0.25) is 0 Å². The number of hydrogen-bond acceptors (Lipinski definition) is 1. The highest BCUT2D eigenvalue weighted by atomic mass is 79.9. The summed E-state index contributed by atoms with van der Waals surface area (Å²) in [5.74, 6) is 0. The summed E-state index contributed by atoms with van der Waals surface area (Å²) in [6.45, 7) is 2.16. The van der Waals surface area contributed by atoms with Crippen molar-refractivity contribution in [2.24, 2.45) is 0 Å². The van der Waals surface area contributed by atoms with Gasteiger partial charge in [0.15, 0.2) is 0 Å². The molecule has 3 rings (SSSR count). The third-order valence-electron chi connectivity index (χ3n) is 3.72. The molecule has 90 valence electrons. The van der Waals surface area contributed by atoms with Gasteiger partial charge in [-0.05, 0) is 60.7 Å². The number of aryl methyl sites for hydroxylation is 3. The average Bonchev–Trinajstić information content (AvgIpc) is 2.62. The topological polar surface area (TPSA) is 17.3 Å². The number of halogens is 1. The molecule has 2 aromatic rings. The first-order valence-corrected chi connectivity index (χ1v) is 7.22. The molecule has 0 saturated carbocycles. The van der Waals surface area contributed by atoms with E-state index in [0.29, 0.717) is 0 Å². The highest BCUT2D eigenvalue weighted by Gasteiger charge is 2.15. The molecule has 0 amide bonds. The summed E-state index contributed by atoms with van der Waals surface area (Å²) in [7, 11) is 0. The molecule has 0 bridgehead atoms. The van der Waals surface area contributed by atoms with Crippen molar-refractivity contribution in [2.45, 2.75) is 45.4 Å². The lowest BCUT2D eigenvalue weighted by atomic mass is 10.0. The van der Waals surface area contributed by atoms with Gasteiger partial charge in [-0.25, -0.2) is 4.98 Å². The molecule has 0 fully saturated rings. The van der Waals surface area contributed by atoms with Crippen LogP contribution in [0.15, 0.2) is 16.6 Å². The minimum Gasteiger partial charge on any atom is -0.300 e. The highest BCUT2D eigenvalue weighted by Crippen LogP contribution is 2.25. The van der Waals surface area contributed by atoms with Gasteiger partial charge >= 0.3 is 0 Å². The van der Waals surface area contributed by atoms with Crippen molar-refractivity contribution >= 4 is 21.6 Å². The van der Waals surface area contributed by atoms with Crippen molar-refractivity contribution in [1.82, 2.24) is 9.38 Å². The summed E-state index contributed by atoms with van der Waals surface area (Å²) in [6, 6.07) is 4.22. The Hall–Kier alpha value is -0.830. The van der Waals surface area contributed by atoms with E-state index >= 15 is 0 Å². The van der Waals surface area contributed by atoms with Gasteiger partial charge in [0.25, 0.3) is 0 Å². The van der Waals surface area contributed by atoms with E-state index in [1.165, 1.54) is 53.7 Å². The molecule has 0 N–H and O–H groups in total. The number of fused-ring (bicyclic) bond motifs is 3. The summed E-state index contributed by atoms with van der Waals surface area (Å²) in [6.07, 6.45) is 7.63. The molecule has 0 aliphatic heterocycles. The number of aromatic nitrogens is 2. The number of nitrogens with zero attached hydrogens (tertiary/aromatic N) is 2. The van der Waals surface area contributed by atoms with Crippen LogP contribution < -0.4 is 0 Å². The van der Waals surface area contributed by atoms with Gasteiger partial charge in [-0.2, -0.15) is 0 Å². The van der Waals surface area contributed by atoms with Crippen LogP contribution in [0.4, 0.5) is 0 Å². The van der Waals surface area contributed by atoms with Crippen LogP contribution in [0.25, 0.3) is 5.65 Å². The fraction of sp³-hybridized carbons (Fsp3) is 0.500. The van der Waals surface area contributed by atoms with Crippen LogP contribution in [0.1, 0.15) is 42.8 Å². The third kappa shape index (κ3) is 1.90. The van der Waals surface area contributed by atoms with E-state index in [0.717, 1.165) is 12.1 Å². The Balaban J connectivity index is 2.24. The molecule has 2 aromatic heterocycles.